The second-order valence-electron chi connectivity index (χ2n) is 7.18. The van der Waals surface area contributed by atoms with Crippen LogP contribution in [0.1, 0.15) is 18.1 Å². The van der Waals surface area contributed by atoms with Crippen LogP contribution in [-0.4, -0.2) is 44.4 Å². The van der Waals surface area contributed by atoms with Gasteiger partial charge in [-0.3, -0.25) is 4.79 Å². The first-order valence-electron chi connectivity index (χ1n) is 9.23. The minimum Gasteiger partial charge on any atom is -0.371 e. The fourth-order valence-electron chi connectivity index (χ4n) is 3.65. The Morgan fingerprint density at radius 2 is 2.00 bits per heavy atom. The number of carbonyl (C=O) groups is 1. The van der Waals surface area contributed by atoms with E-state index >= 15 is 0 Å². The van der Waals surface area contributed by atoms with Crippen molar-refractivity contribution in [3.63, 3.8) is 0 Å². The molecule has 154 valence electrons. The van der Waals surface area contributed by atoms with Crippen LogP contribution in [-0.2, 0) is 32.6 Å². The van der Waals surface area contributed by atoms with Crippen molar-refractivity contribution in [2.75, 3.05) is 24.5 Å². The smallest absolute Gasteiger partial charge is 0.245 e. The maximum atomic E-state index is 13.7. The predicted molar refractivity (Wildman–Crippen MR) is 110 cm³/mol. The van der Waals surface area contributed by atoms with Crippen LogP contribution in [0.25, 0.3) is 0 Å². The van der Waals surface area contributed by atoms with Crippen LogP contribution in [0.15, 0.2) is 45.8 Å². The zero-order valence-corrected chi connectivity index (χ0v) is 18.2. The number of ether oxygens (including phenoxy) is 1. The number of sulfonamides is 1. The average molecular weight is 483 g/mol. The number of fused-ring (bicyclic) bond motifs is 1. The largest absolute Gasteiger partial charge is 0.371 e. The zero-order valence-electron chi connectivity index (χ0n) is 15.8. The van der Waals surface area contributed by atoms with Crippen LogP contribution in [0.3, 0.4) is 0 Å². The highest BCUT2D eigenvalue weighted by Gasteiger charge is 2.41. The average Bonchev–Trinajstić information content (AvgIpc) is 3.04. The van der Waals surface area contributed by atoms with E-state index in [1.54, 1.807) is 24.3 Å². The van der Waals surface area contributed by atoms with Gasteiger partial charge in [-0.15, -0.1) is 0 Å². The Hall–Kier alpha value is -1.81. The molecular weight excluding hydrogens is 463 g/mol. The molecule has 0 unspecified atom stereocenters. The van der Waals surface area contributed by atoms with E-state index in [2.05, 4.69) is 15.9 Å². The van der Waals surface area contributed by atoms with Crippen molar-refractivity contribution in [3.8, 4) is 0 Å². The maximum absolute atomic E-state index is 13.7. The van der Waals surface area contributed by atoms with E-state index in [-0.39, 0.29) is 42.4 Å². The lowest BCUT2D eigenvalue weighted by Gasteiger charge is -2.38. The number of hydrogen-bond acceptors (Lipinski definition) is 4. The topological polar surface area (TPSA) is 66.9 Å². The van der Waals surface area contributed by atoms with Crippen molar-refractivity contribution < 1.29 is 22.3 Å². The van der Waals surface area contributed by atoms with Crippen LogP contribution in [0.2, 0.25) is 0 Å². The predicted octanol–water partition coefficient (Wildman–Crippen LogP) is 3.09. The Kier molecular flexibility index (Phi) is 5.50. The number of carbonyl (C=O) groups excluding carboxylic acids is 1. The molecule has 29 heavy (non-hydrogen) atoms. The Bertz CT molecular complexity index is 1070. The molecule has 0 aliphatic carbocycles. The Morgan fingerprint density at radius 3 is 2.69 bits per heavy atom. The first-order valence-corrected chi connectivity index (χ1v) is 11.5. The molecule has 2 aliphatic heterocycles. The molecule has 0 radical (unpaired) electrons. The van der Waals surface area contributed by atoms with E-state index in [1.165, 1.54) is 22.2 Å². The van der Waals surface area contributed by atoms with Crippen LogP contribution < -0.4 is 4.90 Å². The Balaban J connectivity index is 1.50. The van der Waals surface area contributed by atoms with Gasteiger partial charge in [0.2, 0.25) is 15.9 Å². The molecule has 0 spiro atoms. The second-order valence-corrected chi connectivity index (χ2v) is 10.0. The molecule has 4 rings (SSSR count). The molecule has 1 fully saturated rings. The van der Waals surface area contributed by atoms with Gasteiger partial charge in [0, 0.05) is 36.6 Å². The van der Waals surface area contributed by atoms with Crippen molar-refractivity contribution in [2.24, 2.45) is 0 Å². The zero-order chi connectivity index (χ0) is 20.8. The third-order valence-corrected chi connectivity index (χ3v) is 7.54. The van der Waals surface area contributed by atoms with Crippen molar-refractivity contribution in [2.45, 2.75) is 31.0 Å². The summed E-state index contributed by atoms with van der Waals surface area (Å²) < 4.78 is 47.8. The molecule has 6 nitrogen and oxygen atoms in total. The third-order valence-electron chi connectivity index (χ3n) is 5.24. The number of benzene rings is 2. The highest BCUT2D eigenvalue weighted by Crippen LogP contribution is 2.39. The van der Waals surface area contributed by atoms with Gasteiger partial charge in [-0.2, -0.15) is 4.31 Å². The molecule has 0 saturated carbocycles. The normalized spacial score (nSPS) is 17.3. The summed E-state index contributed by atoms with van der Waals surface area (Å²) in [5.41, 5.74) is 1.74. The third kappa shape index (κ3) is 3.84. The molecule has 2 aliphatic rings. The van der Waals surface area contributed by atoms with Crippen molar-refractivity contribution in [1.29, 1.82) is 0 Å². The molecule has 0 N–H and O–H groups in total. The van der Waals surface area contributed by atoms with Crippen molar-refractivity contribution in [3.05, 3.63) is 57.8 Å². The summed E-state index contributed by atoms with van der Waals surface area (Å²) in [5.74, 6) is -0.525. The van der Waals surface area contributed by atoms with Gasteiger partial charge in [0.25, 0.3) is 0 Å². The second kappa shape index (κ2) is 7.79. The fraction of sp³-hybridized carbons (Fsp3) is 0.350. The van der Waals surface area contributed by atoms with Gasteiger partial charge >= 0.3 is 0 Å². The minimum atomic E-state index is -3.79. The molecule has 2 heterocycles. The van der Waals surface area contributed by atoms with Crippen LogP contribution in [0.5, 0.6) is 0 Å². The van der Waals surface area contributed by atoms with E-state index < -0.39 is 10.0 Å². The number of rotatable bonds is 5. The Morgan fingerprint density at radius 1 is 1.28 bits per heavy atom. The first kappa shape index (κ1) is 20.5. The monoisotopic (exact) mass is 482 g/mol. The number of halogens is 2. The molecule has 1 saturated heterocycles. The van der Waals surface area contributed by atoms with Crippen LogP contribution in [0.4, 0.5) is 10.1 Å². The van der Waals surface area contributed by atoms with Gasteiger partial charge in [-0.05, 0) is 30.2 Å². The van der Waals surface area contributed by atoms with Gasteiger partial charge in [-0.25, -0.2) is 12.8 Å². The quantitative estimate of drug-likeness (QED) is 0.656. The molecule has 9 heteroatoms. The summed E-state index contributed by atoms with van der Waals surface area (Å²) in [6, 6.07) is 9.75. The lowest BCUT2D eigenvalue weighted by atomic mass is 10.2. The summed E-state index contributed by atoms with van der Waals surface area (Å²) in [4.78, 5) is 13.6. The summed E-state index contributed by atoms with van der Waals surface area (Å²) in [5, 5.41) is 0. The number of anilines is 1. The van der Waals surface area contributed by atoms with E-state index in [4.69, 9.17) is 4.74 Å². The number of hydrogen-bond donors (Lipinski definition) is 0. The molecule has 0 aromatic heterocycles. The van der Waals surface area contributed by atoms with E-state index in [9.17, 15) is 17.6 Å². The summed E-state index contributed by atoms with van der Waals surface area (Å²) >= 11 is 3.38. The molecule has 0 bridgehead atoms. The van der Waals surface area contributed by atoms with Crippen molar-refractivity contribution in [1.82, 2.24) is 4.31 Å². The standard InChI is InChI=1S/C20H20BrFN2O4S/c1-13(25)24-7-6-14-8-16(21)9-19(20(14)24)29(26,27)23-10-17(11-23)28-12-15-4-2-3-5-18(15)22/h2-5,8-9,17H,6-7,10-12H2,1H3. The maximum Gasteiger partial charge on any atom is 0.245 e. The van der Waals surface area contributed by atoms with E-state index in [0.717, 1.165) is 5.56 Å². The molecule has 2 aromatic rings. The summed E-state index contributed by atoms with van der Waals surface area (Å²) in [6.45, 7) is 2.38. The van der Waals surface area contributed by atoms with Crippen molar-refractivity contribution >= 4 is 37.5 Å². The lowest BCUT2D eigenvalue weighted by molar-refractivity contribution is -0.116. The molecule has 1 amide bonds. The van der Waals surface area contributed by atoms with Gasteiger partial charge in [0.05, 0.1) is 18.4 Å². The number of nitrogens with zero attached hydrogens (tertiary/aromatic N) is 2. The minimum absolute atomic E-state index is 0.0929. The Labute approximate surface area is 177 Å². The van der Waals surface area contributed by atoms with Gasteiger partial charge in [0.1, 0.15) is 10.7 Å². The summed E-state index contributed by atoms with van der Waals surface area (Å²) in [7, 11) is -3.79. The highest BCUT2D eigenvalue weighted by molar-refractivity contribution is 9.10. The first-order chi connectivity index (χ1) is 13.8. The SMILES string of the molecule is CC(=O)N1CCc2cc(Br)cc(S(=O)(=O)N3CC(OCc4ccccc4F)C3)c21. The fourth-order valence-corrected chi connectivity index (χ4v) is 6.07. The van der Waals surface area contributed by atoms with Crippen LogP contribution >= 0.6 is 15.9 Å². The summed E-state index contributed by atoms with van der Waals surface area (Å²) in [6.07, 6.45) is 0.319. The van der Waals surface area contributed by atoms with Gasteiger partial charge in [-0.1, -0.05) is 34.1 Å². The van der Waals surface area contributed by atoms with Crippen LogP contribution in [0, 0.1) is 5.82 Å². The van der Waals surface area contributed by atoms with E-state index in [1.807, 2.05) is 6.07 Å². The number of amides is 1. The molecule has 0 atom stereocenters. The van der Waals surface area contributed by atoms with E-state index in [0.29, 0.717) is 28.7 Å². The lowest BCUT2D eigenvalue weighted by Crippen LogP contribution is -2.54. The van der Waals surface area contributed by atoms with Gasteiger partial charge in [0.15, 0.2) is 0 Å². The molecular formula is C20H20BrFN2O4S. The molecule has 2 aromatic carbocycles. The van der Waals surface area contributed by atoms with Gasteiger partial charge < -0.3 is 9.64 Å². The highest BCUT2D eigenvalue weighted by atomic mass is 79.9.